The Balaban J connectivity index is 3.16. The number of pyridine rings is 1. The number of ether oxygens (including phenoxy) is 1. The lowest BCUT2D eigenvalue weighted by Gasteiger charge is -2.13. The molecule has 1 rings (SSSR count). The molecule has 1 aromatic rings. The van der Waals surface area contributed by atoms with Crippen LogP contribution in [0.25, 0.3) is 0 Å². The van der Waals surface area contributed by atoms with Crippen LogP contribution in [-0.2, 0) is 11.9 Å². The van der Waals surface area contributed by atoms with E-state index in [0.29, 0.717) is 6.07 Å². The molecule has 0 aromatic carbocycles. The summed E-state index contributed by atoms with van der Waals surface area (Å²) in [4.78, 5) is 3.59. The van der Waals surface area contributed by atoms with Gasteiger partial charge in [0.15, 0.2) is 11.6 Å². The van der Waals surface area contributed by atoms with Gasteiger partial charge >= 0.3 is 6.36 Å². The van der Waals surface area contributed by atoms with Crippen LogP contribution in [0.3, 0.4) is 0 Å². The Morgan fingerprint density at radius 2 is 2.06 bits per heavy atom. The van der Waals surface area contributed by atoms with Crippen molar-refractivity contribution in [2.45, 2.75) is 18.3 Å². The van der Waals surface area contributed by atoms with E-state index in [4.69, 9.17) is 5.11 Å². The van der Waals surface area contributed by atoms with Crippen LogP contribution >= 0.6 is 15.9 Å². The number of alkyl halides is 4. The summed E-state index contributed by atoms with van der Waals surface area (Å²) in [5, 5.41) is 8.58. The smallest absolute Gasteiger partial charge is 0.401 e. The quantitative estimate of drug-likeness (QED) is 0.689. The Bertz CT molecular complexity index is 383. The zero-order valence-electron chi connectivity index (χ0n) is 7.68. The topological polar surface area (TPSA) is 42.4 Å². The Morgan fingerprint density at radius 1 is 1.44 bits per heavy atom. The van der Waals surface area contributed by atoms with Crippen molar-refractivity contribution in [3.05, 3.63) is 23.3 Å². The molecule has 0 spiro atoms. The van der Waals surface area contributed by atoms with Gasteiger partial charge in [-0.15, -0.1) is 13.2 Å². The van der Waals surface area contributed by atoms with Gasteiger partial charge in [0.1, 0.15) is 0 Å². The molecule has 1 heterocycles. The molecule has 1 N–H and O–H groups in total. The van der Waals surface area contributed by atoms with Crippen molar-refractivity contribution in [2.24, 2.45) is 0 Å². The summed E-state index contributed by atoms with van der Waals surface area (Å²) in [6.07, 6.45) is -4.99. The highest BCUT2D eigenvalue weighted by Crippen LogP contribution is 2.30. The molecule has 8 heteroatoms. The highest BCUT2D eigenvalue weighted by Gasteiger charge is 2.34. The van der Waals surface area contributed by atoms with Crippen LogP contribution in [0.15, 0.2) is 6.07 Å². The highest BCUT2D eigenvalue weighted by atomic mass is 79.9. The predicted octanol–water partition coefficient (Wildman–Crippen LogP) is 2.51. The van der Waals surface area contributed by atoms with Gasteiger partial charge in [-0.3, -0.25) is 4.98 Å². The fourth-order valence-electron chi connectivity index (χ4n) is 1.00. The first kappa shape index (κ1) is 13.2. The van der Waals surface area contributed by atoms with Crippen LogP contribution in [0.5, 0.6) is 5.75 Å². The van der Waals surface area contributed by atoms with E-state index >= 15 is 0 Å². The summed E-state index contributed by atoms with van der Waals surface area (Å²) in [5.74, 6) is -2.20. The van der Waals surface area contributed by atoms with Crippen molar-refractivity contribution in [3.8, 4) is 5.75 Å². The molecule has 1 aromatic heterocycles. The number of hydrogen-bond acceptors (Lipinski definition) is 3. The van der Waals surface area contributed by atoms with Gasteiger partial charge in [0.2, 0.25) is 0 Å². The summed E-state index contributed by atoms with van der Waals surface area (Å²) in [6, 6.07) is 0.688. The number of aliphatic hydroxyl groups is 1. The van der Waals surface area contributed by atoms with Crippen molar-refractivity contribution in [2.75, 3.05) is 0 Å². The number of rotatable bonds is 3. The fourth-order valence-corrected chi connectivity index (χ4v) is 1.38. The first-order chi connectivity index (χ1) is 7.37. The third-order valence-corrected chi connectivity index (χ3v) is 2.09. The lowest BCUT2D eigenvalue weighted by molar-refractivity contribution is -0.276. The summed E-state index contributed by atoms with van der Waals surface area (Å²) in [5.41, 5.74) is -0.331. The first-order valence-corrected chi connectivity index (χ1v) is 5.10. The van der Waals surface area contributed by atoms with Crippen LogP contribution in [0.1, 0.15) is 11.4 Å². The van der Waals surface area contributed by atoms with Gasteiger partial charge in [-0.25, -0.2) is 4.39 Å². The molecule has 16 heavy (non-hydrogen) atoms. The second kappa shape index (κ2) is 4.96. The third-order valence-electron chi connectivity index (χ3n) is 1.56. The second-order valence-electron chi connectivity index (χ2n) is 2.71. The molecule has 0 fully saturated rings. The average Bonchev–Trinajstić information content (AvgIpc) is 2.19. The van der Waals surface area contributed by atoms with E-state index in [1.165, 1.54) is 0 Å². The van der Waals surface area contributed by atoms with Gasteiger partial charge in [-0.2, -0.15) is 0 Å². The van der Waals surface area contributed by atoms with E-state index in [1.54, 1.807) is 0 Å². The van der Waals surface area contributed by atoms with E-state index < -0.39 is 24.5 Å². The Hall–Kier alpha value is -0.890. The van der Waals surface area contributed by atoms with Crippen LogP contribution in [0.4, 0.5) is 17.6 Å². The van der Waals surface area contributed by atoms with Gasteiger partial charge in [-0.05, 0) is 0 Å². The maximum absolute atomic E-state index is 13.2. The van der Waals surface area contributed by atoms with Crippen molar-refractivity contribution >= 4 is 15.9 Å². The first-order valence-electron chi connectivity index (χ1n) is 3.98. The van der Waals surface area contributed by atoms with E-state index in [-0.39, 0.29) is 16.7 Å². The monoisotopic (exact) mass is 303 g/mol. The molecule has 0 aliphatic heterocycles. The van der Waals surface area contributed by atoms with E-state index in [9.17, 15) is 17.6 Å². The van der Waals surface area contributed by atoms with Crippen LogP contribution < -0.4 is 4.74 Å². The molecule has 0 saturated carbocycles. The van der Waals surface area contributed by atoms with E-state index in [0.717, 1.165) is 0 Å². The normalized spacial score (nSPS) is 11.6. The summed E-state index contributed by atoms with van der Waals surface area (Å²) in [6.45, 7) is -0.566. The molecule has 0 unspecified atom stereocenters. The maximum Gasteiger partial charge on any atom is 0.573 e. The number of aliphatic hydroxyl groups excluding tert-OH is 1. The average molecular weight is 304 g/mol. The highest BCUT2D eigenvalue weighted by molar-refractivity contribution is 9.08. The Labute approximate surface area is 96.2 Å². The molecule has 0 aliphatic rings. The molecular formula is C8H6BrF4NO2. The van der Waals surface area contributed by atoms with Crippen molar-refractivity contribution in [1.29, 1.82) is 0 Å². The maximum atomic E-state index is 13.2. The van der Waals surface area contributed by atoms with Crippen LogP contribution in [0.2, 0.25) is 0 Å². The molecule has 90 valence electrons. The largest absolute Gasteiger partial charge is 0.573 e. The standard InChI is InChI=1S/C8H6BrF4NO2/c9-2-6-7(16-8(11,12)13)5(10)1-4(3-15)14-6/h1,15H,2-3H2. The Kier molecular flexibility index (Phi) is 4.09. The van der Waals surface area contributed by atoms with Gasteiger partial charge in [0, 0.05) is 11.4 Å². The number of halogens is 5. The third kappa shape index (κ3) is 3.31. The summed E-state index contributed by atoms with van der Waals surface area (Å²) < 4.78 is 52.5. The number of hydrogen-bond donors (Lipinski definition) is 1. The van der Waals surface area contributed by atoms with E-state index in [2.05, 4.69) is 25.7 Å². The SMILES string of the molecule is OCc1cc(F)c(OC(F)(F)F)c(CBr)n1. The molecule has 0 atom stereocenters. The van der Waals surface area contributed by atoms with Gasteiger partial charge in [0.25, 0.3) is 0 Å². The molecule has 0 aliphatic carbocycles. The Morgan fingerprint density at radius 3 is 2.50 bits per heavy atom. The lowest BCUT2D eigenvalue weighted by Crippen LogP contribution is -2.19. The van der Waals surface area contributed by atoms with Crippen molar-refractivity contribution in [1.82, 2.24) is 4.98 Å². The summed E-state index contributed by atoms with van der Waals surface area (Å²) >= 11 is 2.86. The molecule has 3 nitrogen and oxygen atoms in total. The van der Waals surface area contributed by atoms with Gasteiger partial charge in [-0.1, -0.05) is 15.9 Å². The van der Waals surface area contributed by atoms with Crippen LogP contribution in [0, 0.1) is 5.82 Å². The minimum absolute atomic E-state index is 0.0681. The fraction of sp³-hybridized carbons (Fsp3) is 0.375. The number of nitrogens with zero attached hydrogens (tertiary/aromatic N) is 1. The number of aromatic nitrogens is 1. The second-order valence-corrected chi connectivity index (χ2v) is 3.27. The van der Waals surface area contributed by atoms with Gasteiger partial charge < -0.3 is 9.84 Å². The minimum atomic E-state index is -4.99. The molecule has 0 saturated heterocycles. The molecular weight excluding hydrogens is 298 g/mol. The van der Waals surface area contributed by atoms with Crippen LogP contribution in [-0.4, -0.2) is 16.5 Å². The van der Waals surface area contributed by atoms with Crippen molar-refractivity contribution in [3.63, 3.8) is 0 Å². The van der Waals surface area contributed by atoms with Crippen molar-refractivity contribution < 1.29 is 27.4 Å². The van der Waals surface area contributed by atoms with Gasteiger partial charge in [0.05, 0.1) is 18.0 Å². The summed E-state index contributed by atoms with van der Waals surface area (Å²) in [7, 11) is 0. The molecule has 0 bridgehead atoms. The minimum Gasteiger partial charge on any atom is -0.401 e. The predicted molar refractivity (Wildman–Crippen MR) is 49.4 cm³/mol. The zero-order chi connectivity index (χ0) is 12.3. The lowest BCUT2D eigenvalue weighted by atomic mass is 10.3. The zero-order valence-corrected chi connectivity index (χ0v) is 9.27. The molecule has 0 radical (unpaired) electrons. The van der Waals surface area contributed by atoms with E-state index in [1.807, 2.05) is 0 Å². The molecule has 0 amide bonds.